The van der Waals surface area contributed by atoms with Gasteiger partial charge in [-0.25, -0.2) is 9.59 Å². The molecule has 5 nitrogen and oxygen atoms in total. The minimum atomic E-state index is -0.620. The van der Waals surface area contributed by atoms with Crippen LogP contribution in [0.25, 0.3) is 0 Å². The van der Waals surface area contributed by atoms with Gasteiger partial charge in [-0.3, -0.25) is 0 Å². The van der Waals surface area contributed by atoms with Gasteiger partial charge in [-0.1, -0.05) is 32.6 Å². The Morgan fingerprint density at radius 1 is 1.20 bits per heavy atom. The molecule has 1 amide bonds. The minimum Gasteiger partial charge on any atom is -0.464 e. The van der Waals surface area contributed by atoms with Crippen LogP contribution in [0.4, 0.5) is 4.79 Å². The molecule has 0 rings (SSSR count). The number of nitrogens with one attached hydrogen (secondary N) is 1. The molecule has 0 aromatic carbocycles. The Morgan fingerprint density at radius 3 is 2.50 bits per heavy atom. The first-order valence-electron chi connectivity index (χ1n) is 7.15. The van der Waals surface area contributed by atoms with Gasteiger partial charge in [-0.15, -0.1) is 0 Å². The number of rotatable bonds is 11. The average Bonchev–Trinajstić information content (AvgIpc) is 2.46. The summed E-state index contributed by atoms with van der Waals surface area (Å²) in [6.45, 7) is 2.58. The Morgan fingerprint density at radius 2 is 1.90 bits per heavy atom. The molecule has 0 aromatic heterocycles. The smallest absolute Gasteiger partial charge is 0.407 e. The van der Waals surface area contributed by atoms with Crippen molar-refractivity contribution in [3.63, 3.8) is 0 Å². The summed E-state index contributed by atoms with van der Waals surface area (Å²) < 4.78 is 9.72. The molecule has 0 unspecified atom stereocenters. The summed E-state index contributed by atoms with van der Waals surface area (Å²) in [4.78, 5) is 23.1. The number of methoxy groups -OCH3 is 1. The van der Waals surface area contributed by atoms with Gasteiger partial charge >= 0.3 is 12.1 Å². The van der Waals surface area contributed by atoms with E-state index in [-0.39, 0.29) is 5.97 Å². The average molecular weight is 305 g/mol. The van der Waals surface area contributed by atoms with Crippen LogP contribution in [0.1, 0.15) is 45.4 Å². The van der Waals surface area contributed by atoms with Crippen LogP contribution >= 0.6 is 11.8 Å². The molecule has 118 valence electrons. The van der Waals surface area contributed by atoms with E-state index in [4.69, 9.17) is 4.74 Å². The highest BCUT2D eigenvalue weighted by atomic mass is 32.2. The number of amides is 1. The Labute approximate surface area is 126 Å². The van der Waals surface area contributed by atoms with E-state index in [1.807, 2.05) is 6.26 Å². The molecule has 0 aliphatic rings. The summed E-state index contributed by atoms with van der Waals surface area (Å²) in [5.74, 6) is 0.403. The van der Waals surface area contributed by atoms with Gasteiger partial charge in [0.1, 0.15) is 6.04 Å². The van der Waals surface area contributed by atoms with Gasteiger partial charge in [0.15, 0.2) is 0 Å². The lowest BCUT2D eigenvalue weighted by molar-refractivity contribution is -0.146. The summed E-state index contributed by atoms with van der Waals surface area (Å²) in [6.07, 6.45) is 7.42. The highest BCUT2D eigenvalue weighted by molar-refractivity contribution is 7.98. The van der Waals surface area contributed by atoms with E-state index in [9.17, 15) is 9.59 Å². The zero-order valence-corrected chi connectivity index (χ0v) is 13.6. The quantitative estimate of drug-likeness (QED) is 0.469. The van der Waals surface area contributed by atoms with Crippen molar-refractivity contribution in [2.75, 3.05) is 25.7 Å². The van der Waals surface area contributed by atoms with Crippen LogP contribution < -0.4 is 5.32 Å². The molecule has 0 aliphatic carbocycles. The molecule has 0 spiro atoms. The number of esters is 1. The molecule has 0 radical (unpaired) electrons. The van der Waals surface area contributed by atoms with E-state index in [0.717, 1.165) is 18.6 Å². The van der Waals surface area contributed by atoms with Crippen LogP contribution in [0.5, 0.6) is 0 Å². The van der Waals surface area contributed by atoms with Crippen LogP contribution in [-0.2, 0) is 14.3 Å². The fourth-order valence-corrected chi connectivity index (χ4v) is 2.14. The van der Waals surface area contributed by atoms with Crippen molar-refractivity contribution in [1.82, 2.24) is 5.32 Å². The normalized spacial score (nSPS) is 11.8. The summed E-state index contributed by atoms with van der Waals surface area (Å²) in [7, 11) is 1.28. The number of hydrogen-bond acceptors (Lipinski definition) is 5. The number of carbonyl (C=O) groups excluding carboxylic acids is 2. The molecule has 1 atom stereocenters. The standard InChI is InChI=1S/C14H27NO4S/c1-4-5-6-7-8-10-19-13(16)12(9-11-20-3)15-14(17)18-2/h12H,4-11H2,1-3H3,(H,15,17)/t12-/m0/s1. The van der Waals surface area contributed by atoms with Crippen molar-refractivity contribution in [3.8, 4) is 0 Å². The van der Waals surface area contributed by atoms with Crippen molar-refractivity contribution in [3.05, 3.63) is 0 Å². The first-order chi connectivity index (χ1) is 9.65. The third kappa shape index (κ3) is 9.95. The number of ether oxygens (including phenoxy) is 2. The van der Waals surface area contributed by atoms with Crippen LogP contribution in [0.2, 0.25) is 0 Å². The molecule has 0 fully saturated rings. The summed E-state index contributed by atoms with van der Waals surface area (Å²) >= 11 is 1.62. The van der Waals surface area contributed by atoms with Crippen molar-refractivity contribution < 1.29 is 19.1 Å². The van der Waals surface area contributed by atoms with Gasteiger partial charge in [-0.05, 0) is 24.9 Å². The topological polar surface area (TPSA) is 64.6 Å². The van der Waals surface area contributed by atoms with Gasteiger partial charge in [0.05, 0.1) is 13.7 Å². The second-order valence-electron chi connectivity index (χ2n) is 4.55. The molecule has 20 heavy (non-hydrogen) atoms. The van der Waals surface area contributed by atoms with Gasteiger partial charge in [0.25, 0.3) is 0 Å². The van der Waals surface area contributed by atoms with Crippen molar-refractivity contribution in [1.29, 1.82) is 0 Å². The molecular weight excluding hydrogens is 278 g/mol. The van der Waals surface area contributed by atoms with Gasteiger partial charge in [-0.2, -0.15) is 11.8 Å². The van der Waals surface area contributed by atoms with Gasteiger partial charge in [0, 0.05) is 0 Å². The largest absolute Gasteiger partial charge is 0.464 e. The lowest BCUT2D eigenvalue weighted by Crippen LogP contribution is -2.42. The number of hydrogen-bond donors (Lipinski definition) is 1. The van der Waals surface area contributed by atoms with E-state index in [0.29, 0.717) is 13.0 Å². The lowest BCUT2D eigenvalue weighted by atomic mass is 10.2. The van der Waals surface area contributed by atoms with E-state index >= 15 is 0 Å². The Balaban J connectivity index is 3.96. The van der Waals surface area contributed by atoms with Crippen molar-refractivity contribution in [2.45, 2.75) is 51.5 Å². The van der Waals surface area contributed by atoms with E-state index in [1.54, 1.807) is 11.8 Å². The first-order valence-corrected chi connectivity index (χ1v) is 8.55. The van der Waals surface area contributed by atoms with E-state index in [2.05, 4.69) is 17.0 Å². The molecule has 0 saturated heterocycles. The number of carbonyl (C=O) groups is 2. The van der Waals surface area contributed by atoms with E-state index in [1.165, 1.54) is 26.4 Å². The predicted molar refractivity (Wildman–Crippen MR) is 82.0 cm³/mol. The number of unbranched alkanes of at least 4 members (excludes halogenated alkanes) is 4. The minimum absolute atomic E-state index is 0.375. The number of alkyl carbamates (subject to hydrolysis) is 1. The maximum absolute atomic E-state index is 11.9. The van der Waals surface area contributed by atoms with Crippen LogP contribution in [0.15, 0.2) is 0 Å². The summed E-state index contributed by atoms with van der Waals surface area (Å²) in [5.41, 5.74) is 0. The highest BCUT2D eigenvalue weighted by Gasteiger charge is 2.21. The lowest BCUT2D eigenvalue weighted by Gasteiger charge is -2.16. The molecule has 0 aromatic rings. The highest BCUT2D eigenvalue weighted by Crippen LogP contribution is 2.06. The molecule has 0 bridgehead atoms. The zero-order chi connectivity index (χ0) is 15.2. The van der Waals surface area contributed by atoms with Crippen LogP contribution in [0.3, 0.4) is 0 Å². The SMILES string of the molecule is CCCCCCCOC(=O)[C@H](CCSC)NC(=O)OC. The third-order valence-corrected chi connectivity index (χ3v) is 3.51. The summed E-state index contributed by atoms with van der Waals surface area (Å²) in [5, 5.41) is 2.51. The van der Waals surface area contributed by atoms with Crippen LogP contribution in [0, 0.1) is 0 Å². The monoisotopic (exact) mass is 305 g/mol. The predicted octanol–water partition coefficient (Wildman–Crippen LogP) is 2.98. The first kappa shape index (κ1) is 19.1. The molecule has 6 heteroatoms. The second kappa shape index (κ2) is 13.1. The maximum Gasteiger partial charge on any atom is 0.407 e. The molecule has 0 aliphatic heterocycles. The molecule has 1 N–H and O–H groups in total. The van der Waals surface area contributed by atoms with E-state index < -0.39 is 12.1 Å². The van der Waals surface area contributed by atoms with Crippen molar-refractivity contribution in [2.24, 2.45) is 0 Å². The number of thioether (sulfide) groups is 1. The van der Waals surface area contributed by atoms with Gasteiger partial charge < -0.3 is 14.8 Å². The summed E-state index contributed by atoms with van der Waals surface area (Å²) in [6, 6.07) is -0.620. The zero-order valence-electron chi connectivity index (χ0n) is 12.8. The third-order valence-electron chi connectivity index (χ3n) is 2.86. The Kier molecular flexibility index (Phi) is 12.5. The maximum atomic E-state index is 11.9. The Bertz CT molecular complexity index is 274. The molecular formula is C14H27NO4S. The second-order valence-corrected chi connectivity index (χ2v) is 5.54. The molecule has 0 heterocycles. The molecule has 0 saturated carbocycles. The fourth-order valence-electron chi connectivity index (χ4n) is 1.66. The van der Waals surface area contributed by atoms with Gasteiger partial charge in [0.2, 0.25) is 0 Å². The van der Waals surface area contributed by atoms with Crippen LogP contribution in [-0.4, -0.2) is 43.8 Å². The Hall–Kier alpha value is -0.910. The van der Waals surface area contributed by atoms with Crippen molar-refractivity contribution >= 4 is 23.8 Å². The fraction of sp³-hybridized carbons (Fsp3) is 0.857.